The van der Waals surface area contributed by atoms with Crippen molar-refractivity contribution in [3.05, 3.63) is 63.3 Å². The van der Waals surface area contributed by atoms with Gasteiger partial charge in [-0.15, -0.1) is 0 Å². The van der Waals surface area contributed by atoms with E-state index in [2.05, 4.69) is 0 Å². The van der Waals surface area contributed by atoms with E-state index >= 15 is 0 Å². The smallest absolute Gasteiger partial charge is 0.293 e. The van der Waals surface area contributed by atoms with Crippen molar-refractivity contribution in [1.82, 2.24) is 4.90 Å². The molecule has 5 nitrogen and oxygen atoms in total. The molecule has 2 amide bonds. The Morgan fingerprint density at radius 1 is 1.14 bits per heavy atom. The molecule has 152 valence electrons. The normalized spacial score (nSPS) is 15.3. The second kappa shape index (κ2) is 9.33. The molecule has 0 saturated carbocycles. The van der Waals surface area contributed by atoms with Crippen molar-refractivity contribution < 1.29 is 23.5 Å². The highest BCUT2D eigenvalue weighted by atomic mass is 35.5. The molecule has 1 fully saturated rings. The zero-order valence-electron chi connectivity index (χ0n) is 15.9. The number of carbonyl (C=O) groups is 2. The summed E-state index contributed by atoms with van der Waals surface area (Å²) >= 11 is 7.30. The first-order valence-corrected chi connectivity index (χ1v) is 10.2. The van der Waals surface area contributed by atoms with Crippen LogP contribution in [0.1, 0.15) is 25.0 Å². The van der Waals surface area contributed by atoms with E-state index in [1.807, 2.05) is 6.92 Å². The number of hydrogen-bond acceptors (Lipinski definition) is 5. The van der Waals surface area contributed by atoms with Gasteiger partial charge >= 0.3 is 0 Å². The van der Waals surface area contributed by atoms with E-state index in [0.717, 1.165) is 17.3 Å². The van der Waals surface area contributed by atoms with E-state index in [0.29, 0.717) is 40.1 Å². The molecule has 29 heavy (non-hydrogen) atoms. The number of ether oxygens (including phenoxy) is 2. The number of likely N-dealkylation sites (N-methyl/N-ethyl adjacent to an activating group) is 1. The van der Waals surface area contributed by atoms with Crippen LogP contribution in [-0.4, -0.2) is 29.2 Å². The van der Waals surface area contributed by atoms with Crippen LogP contribution in [0.4, 0.5) is 9.18 Å². The molecule has 0 bridgehead atoms. The van der Waals surface area contributed by atoms with Gasteiger partial charge in [0, 0.05) is 6.54 Å². The van der Waals surface area contributed by atoms with Crippen LogP contribution in [0.3, 0.4) is 0 Å². The number of amides is 2. The van der Waals surface area contributed by atoms with Gasteiger partial charge in [-0.1, -0.05) is 23.7 Å². The first-order valence-electron chi connectivity index (χ1n) is 9.01. The minimum Gasteiger partial charge on any atom is -0.490 e. The molecular formula is C21H19ClFNO4S. The lowest BCUT2D eigenvalue weighted by atomic mass is 10.1. The summed E-state index contributed by atoms with van der Waals surface area (Å²) in [6.07, 6.45) is 1.61. The Morgan fingerprint density at radius 2 is 1.86 bits per heavy atom. The lowest BCUT2D eigenvalue weighted by molar-refractivity contribution is -0.122. The highest BCUT2D eigenvalue weighted by Crippen LogP contribution is 2.39. The SMILES string of the molecule is CCOc1cc(/C=C2/SC(=O)N(CC)C2=O)cc(Cl)c1OCc1ccc(F)cc1. The van der Waals surface area contributed by atoms with E-state index in [9.17, 15) is 14.0 Å². The van der Waals surface area contributed by atoms with Crippen molar-refractivity contribution in [3.8, 4) is 11.5 Å². The Hall–Kier alpha value is -2.51. The standard InChI is InChI=1S/C21H19ClFNO4S/c1-3-24-20(25)18(29-21(24)26)11-14-9-16(22)19(17(10-14)27-4-2)28-12-13-5-7-15(23)8-6-13/h5-11H,3-4,12H2,1-2H3/b18-11+. The highest BCUT2D eigenvalue weighted by Gasteiger charge is 2.33. The fourth-order valence-corrected chi connectivity index (χ4v) is 3.91. The predicted octanol–water partition coefficient (Wildman–Crippen LogP) is 5.51. The van der Waals surface area contributed by atoms with Crippen LogP contribution in [0.5, 0.6) is 11.5 Å². The Kier molecular flexibility index (Phi) is 6.82. The second-order valence-corrected chi connectivity index (χ2v) is 7.50. The van der Waals surface area contributed by atoms with Crippen molar-refractivity contribution in [3.63, 3.8) is 0 Å². The predicted molar refractivity (Wildman–Crippen MR) is 112 cm³/mol. The molecule has 0 aliphatic carbocycles. The van der Waals surface area contributed by atoms with Crippen LogP contribution in [0.15, 0.2) is 41.3 Å². The molecule has 2 aromatic carbocycles. The van der Waals surface area contributed by atoms with Crippen LogP contribution in [0, 0.1) is 5.82 Å². The van der Waals surface area contributed by atoms with E-state index in [4.69, 9.17) is 21.1 Å². The Balaban J connectivity index is 1.86. The van der Waals surface area contributed by atoms with Crippen LogP contribution in [0.2, 0.25) is 5.02 Å². The molecule has 0 radical (unpaired) electrons. The van der Waals surface area contributed by atoms with Gasteiger partial charge in [0.05, 0.1) is 16.5 Å². The topological polar surface area (TPSA) is 55.8 Å². The number of benzene rings is 2. The molecule has 1 heterocycles. The van der Waals surface area contributed by atoms with Crippen LogP contribution in [0.25, 0.3) is 6.08 Å². The molecule has 0 unspecified atom stereocenters. The van der Waals surface area contributed by atoms with E-state index in [1.54, 1.807) is 37.3 Å². The maximum Gasteiger partial charge on any atom is 0.293 e. The Labute approximate surface area is 177 Å². The molecule has 0 spiro atoms. The summed E-state index contributed by atoms with van der Waals surface area (Å²) in [7, 11) is 0. The quantitative estimate of drug-likeness (QED) is 0.536. The van der Waals surface area contributed by atoms with Crippen LogP contribution >= 0.6 is 23.4 Å². The third kappa shape index (κ3) is 4.92. The summed E-state index contributed by atoms with van der Waals surface area (Å²) in [6.45, 7) is 4.48. The van der Waals surface area contributed by atoms with Crippen molar-refractivity contribution in [2.24, 2.45) is 0 Å². The third-order valence-electron chi connectivity index (χ3n) is 4.12. The number of imide groups is 1. The van der Waals surface area contributed by atoms with Gasteiger partial charge in [-0.2, -0.15) is 0 Å². The highest BCUT2D eigenvalue weighted by molar-refractivity contribution is 8.18. The summed E-state index contributed by atoms with van der Waals surface area (Å²) in [5.41, 5.74) is 1.40. The molecule has 1 aliphatic heterocycles. The van der Waals surface area contributed by atoms with Crippen molar-refractivity contribution >= 4 is 40.6 Å². The molecule has 0 N–H and O–H groups in total. The fraction of sp³-hybridized carbons (Fsp3) is 0.238. The molecule has 0 aromatic heterocycles. The van der Waals surface area contributed by atoms with Gasteiger partial charge in [-0.25, -0.2) is 4.39 Å². The number of thioether (sulfide) groups is 1. The van der Waals surface area contributed by atoms with Gasteiger partial charge in [-0.05, 0) is 67.1 Å². The Bertz CT molecular complexity index is 962. The number of nitrogens with zero attached hydrogens (tertiary/aromatic N) is 1. The monoisotopic (exact) mass is 435 g/mol. The molecular weight excluding hydrogens is 417 g/mol. The van der Waals surface area contributed by atoms with Gasteiger partial charge in [0.25, 0.3) is 11.1 Å². The zero-order chi connectivity index (χ0) is 21.0. The molecule has 0 atom stereocenters. The minimum atomic E-state index is -0.326. The van der Waals surface area contributed by atoms with Crippen LogP contribution < -0.4 is 9.47 Å². The fourth-order valence-electron chi connectivity index (χ4n) is 2.73. The summed E-state index contributed by atoms with van der Waals surface area (Å²) in [5.74, 6) is 0.131. The number of carbonyl (C=O) groups excluding carboxylic acids is 2. The molecule has 8 heteroatoms. The summed E-state index contributed by atoms with van der Waals surface area (Å²) in [5, 5.41) is 0.0122. The second-order valence-electron chi connectivity index (χ2n) is 6.10. The average Bonchev–Trinajstić information content (AvgIpc) is 2.95. The first-order chi connectivity index (χ1) is 13.9. The number of hydrogen-bond donors (Lipinski definition) is 0. The summed E-state index contributed by atoms with van der Waals surface area (Å²) in [6, 6.07) is 9.31. The Morgan fingerprint density at radius 3 is 2.48 bits per heavy atom. The van der Waals surface area contributed by atoms with E-state index < -0.39 is 0 Å². The number of halogens is 2. The van der Waals surface area contributed by atoms with Gasteiger partial charge in [0.1, 0.15) is 12.4 Å². The largest absolute Gasteiger partial charge is 0.490 e. The third-order valence-corrected chi connectivity index (χ3v) is 5.30. The average molecular weight is 436 g/mol. The van der Waals surface area contributed by atoms with Crippen molar-refractivity contribution in [2.75, 3.05) is 13.2 Å². The maximum atomic E-state index is 13.1. The maximum absolute atomic E-state index is 13.1. The molecule has 1 aliphatic rings. The first kappa shape index (κ1) is 21.2. The van der Waals surface area contributed by atoms with Gasteiger partial charge in [0.2, 0.25) is 0 Å². The lowest BCUT2D eigenvalue weighted by Gasteiger charge is -2.15. The van der Waals surface area contributed by atoms with Gasteiger partial charge < -0.3 is 9.47 Å². The summed E-state index contributed by atoms with van der Waals surface area (Å²) in [4.78, 5) is 25.7. The minimum absolute atomic E-state index is 0.189. The summed E-state index contributed by atoms with van der Waals surface area (Å²) < 4.78 is 24.5. The molecule has 3 rings (SSSR count). The molecule has 1 saturated heterocycles. The number of rotatable bonds is 7. The van der Waals surface area contributed by atoms with Crippen molar-refractivity contribution in [2.45, 2.75) is 20.5 Å². The van der Waals surface area contributed by atoms with E-state index in [1.165, 1.54) is 17.0 Å². The van der Waals surface area contributed by atoms with Gasteiger partial charge in [0.15, 0.2) is 11.5 Å². The molecule has 2 aromatic rings. The van der Waals surface area contributed by atoms with Gasteiger partial charge in [-0.3, -0.25) is 14.5 Å². The zero-order valence-corrected chi connectivity index (χ0v) is 17.5. The van der Waals surface area contributed by atoms with Crippen molar-refractivity contribution in [1.29, 1.82) is 0 Å². The van der Waals surface area contributed by atoms with E-state index in [-0.39, 0.29) is 23.6 Å². The lowest BCUT2D eigenvalue weighted by Crippen LogP contribution is -2.27. The van der Waals surface area contributed by atoms with Crippen LogP contribution in [-0.2, 0) is 11.4 Å².